The Balaban J connectivity index is 4.46. The van der Waals surface area contributed by atoms with Crippen LogP contribution in [-0.2, 0) is 28.6 Å². The lowest BCUT2D eigenvalue weighted by Crippen LogP contribution is -2.30. The minimum atomic E-state index is -0.801. The van der Waals surface area contributed by atoms with Crippen LogP contribution in [0.4, 0.5) is 0 Å². The Morgan fingerprint density at radius 3 is 0.915 bits per heavy atom. The van der Waals surface area contributed by atoms with Crippen molar-refractivity contribution in [1.29, 1.82) is 0 Å². The molecule has 0 unspecified atom stereocenters. The number of hydrogen-bond acceptors (Lipinski definition) is 6. The van der Waals surface area contributed by atoms with Crippen LogP contribution in [0.15, 0.2) is 97.2 Å². The van der Waals surface area contributed by atoms with E-state index in [1.165, 1.54) is 116 Å². The van der Waals surface area contributed by atoms with E-state index in [1.807, 2.05) is 0 Å². The summed E-state index contributed by atoms with van der Waals surface area (Å²) >= 11 is 0. The van der Waals surface area contributed by atoms with Crippen LogP contribution < -0.4 is 0 Å². The highest BCUT2D eigenvalue weighted by atomic mass is 16.6. The molecule has 0 saturated heterocycles. The number of rotatable bonds is 53. The van der Waals surface area contributed by atoms with Crippen LogP contribution >= 0.6 is 0 Å². The minimum absolute atomic E-state index is 0.0978. The van der Waals surface area contributed by atoms with Gasteiger partial charge in [0.05, 0.1) is 0 Å². The summed E-state index contributed by atoms with van der Waals surface area (Å²) in [5, 5.41) is 0. The Bertz CT molecular complexity index is 1410. The monoisotopic (exact) mass is 987 g/mol. The van der Waals surface area contributed by atoms with E-state index in [1.54, 1.807) is 0 Å². The molecule has 0 spiro atoms. The van der Waals surface area contributed by atoms with Gasteiger partial charge in [0.15, 0.2) is 6.10 Å². The van der Waals surface area contributed by atoms with Crippen LogP contribution in [-0.4, -0.2) is 37.2 Å². The van der Waals surface area contributed by atoms with Gasteiger partial charge in [0.1, 0.15) is 13.2 Å². The molecule has 0 aromatic carbocycles. The maximum Gasteiger partial charge on any atom is 0.306 e. The Morgan fingerprint density at radius 2 is 0.549 bits per heavy atom. The van der Waals surface area contributed by atoms with E-state index >= 15 is 0 Å². The molecule has 6 heteroatoms. The molecule has 0 radical (unpaired) electrons. The van der Waals surface area contributed by atoms with Gasteiger partial charge in [-0.2, -0.15) is 0 Å². The second-order valence-corrected chi connectivity index (χ2v) is 19.5. The third-order valence-electron chi connectivity index (χ3n) is 12.5. The van der Waals surface area contributed by atoms with Gasteiger partial charge in [-0.25, -0.2) is 0 Å². The van der Waals surface area contributed by atoms with Crippen molar-refractivity contribution in [2.75, 3.05) is 13.2 Å². The molecule has 0 aliphatic carbocycles. The van der Waals surface area contributed by atoms with E-state index in [2.05, 4.69) is 118 Å². The normalized spacial score (nSPS) is 12.8. The second kappa shape index (κ2) is 58.9. The second-order valence-electron chi connectivity index (χ2n) is 19.5. The summed E-state index contributed by atoms with van der Waals surface area (Å²) < 4.78 is 16.9. The number of carbonyl (C=O) groups excluding carboxylic acids is 3. The molecular weight excluding hydrogens is 877 g/mol. The van der Waals surface area contributed by atoms with Gasteiger partial charge in [-0.3, -0.25) is 14.4 Å². The van der Waals surface area contributed by atoms with Gasteiger partial charge in [-0.15, -0.1) is 0 Å². The summed E-state index contributed by atoms with van der Waals surface area (Å²) in [4.78, 5) is 38.2. The number of esters is 3. The molecule has 0 aliphatic rings. The van der Waals surface area contributed by atoms with Crippen molar-refractivity contribution in [3.8, 4) is 0 Å². The topological polar surface area (TPSA) is 78.9 Å². The summed E-state index contributed by atoms with van der Waals surface area (Å²) in [6.45, 7) is 6.47. The van der Waals surface area contributed by atoms with Crippen LogP contribution in [0.1, 0.15) is 278 Å². The van der Waals surface area contributed by atoms with Crippen molar-refractivity contribution in [1.82, 2.24) is 0 Å². The Morgan fingerprint density at radius 1 is 0.296 bits per heavy atom. The van der Waals surface area contributed by atoms with Crippen LogP contribution in [0.5, 0.6) is 0 Å². The summed E-state index contributed by atoms with van der Waals surface area (Å²) in [5.41, 5.74) is 0. The molecule has 0 aliphatic heterocycles. The first-order chi connectivity index (χ1) is 35.0. The molecule has 0 fully saturated rings. The van der Waals surface area contributed by atoms with E-state index in [-0.39, 0.29) is 31.1 Å². The zero-order valence-corrected chi connectivity index (χ0v) is 46.5. The SMILES string of the molecule is CC/C=C/C/C=C/C/C=C/CCCCCCCC(=O)OC[C@H](COC(=O)CCCCC/C=C/C/C=C/C/C=C/C/C=C/CCCCC)OC(=O)CCCCCCCCCCC/C=C/CCCCCCCC. The zero-order chi connectivity index (χ0) is 51.4. The Hall–Kier alpha value is -3.67. The molecule has 0 heterocycles. The highest BCUT2D eigenvalue weighted by Gasteiger charge is 2.19. The molecule has 71 heavy (non-hydrogen) atoms. The predicted molar refractivity (Wildman–Crippen MR) is 307 cm³/mol. The molecule has 1 atom stereocenters. The highest BCUT2D eigenvalue weighted by molar-refractivity contribution is 5.71. The zero-order valence-electron chi connectivity index (χ0n) is 46.5. The van der Waals surface area contributed by atoms with E-state index in [0.717, 1.165) is 122 Å². The molecule has 406 valence electrons. The predicted octanol–water partition coefficient (Wildman–Crippen LogP) is 20.1. The average Bonchev–Trinajstić information content (AvgIpc) is 3.37. The maximum absolute atomic E-state index is 12.9. The van der Waals surface area contributed by atoms with Gasteiger partial charge in [0.2, 0.25) is 0 Å². The third kappa shape index (κ3) is 57.1. The smallest absolute Gasteiger partial charge is 0.306 e. The van der Waals surface area contributed by atoms with Gasteiger partial charge >= 0.3 is 17.9 Å². The van der Waals surface area contributed by atoms with Crippen molar-refractivity contribution in [2.24, 2.45) is 0 Å². The fourth-order valence-electron chi connectivity index (χ4n) is 8.08. The van der Waals surface area contributed by atoms with Gasteiger partial charge in [-0.1, -0.05) is 234 Å². The molecule has 6 nitrogen and oxygen atoms in total. The first-order valence-corrected chi connectivity index (χ1v) is 29.7. The van der Waals surface area contributed by atoms with Crippen molar-refractivity contribution in [3.05, 3.63) is 97.2 Å². The molecule has 0 aromatic rings. The van der Waals surface area contributed by atoms with Crippen LogP contribution in [0, 0.1) is 0 Å². The van der Waals surface area contributed by atoms with Gasteiger partial charge in [0.25, 0.3) is 0 Å². The lowest BCUT2D eigenvalue weighted by molar-refractivity contribution is -0.167. The Labute approximate surface area is 438 Å². The molecule has 0 saturated carbocycles. The fourth-order valence-corrected chi connectivity index (χ4v) is 8.08. The van der Waals surface area contributed by atoms with Crippen molar-refractivity contribution < 1.29 is 28.6 Å². The van der Waals surface area contributed by atoms with E-state index < -0.39 is 6.10 Å². The summed E-state index contributed by atoms with van der Waals surface area (Å²) in [6, 6.07) is 0. The molecule has 0 amide bonds. The lowest BCUT2D eigenvalue weighted by Gasteiger charge is -2.18. The fraction of sp³-hybridized carbons (Fsp3) is 0.708. The summed E-state index contributed by atoms with van der Waals surface area (Å²) in [6.07, 6.45) is 78.2. The van der Waals surface area contributed by atoms with Crippen molar-refractivity contribution in [3.63, 3.8) is 0 Å². The highest BCUT2D eigenvalue weighted by Crippen LogP contribution is 2.15. The molecule has 0 rings (SSSR count). The third-order valence-corrected chi connectivity index (χ3v) is 12.5. The molecule has 0 aromatic heterocycles. The minimum Gasteiger partial charge on any atom is -0.462 e. The van der Waals surface area contributed by atoms with Gasteiger partial charge < -0.3 is 14.2 Å². The number of hydrogen-bond donors (Lipinski definition) is 0. The number of allylic oxidation sites excluding steroid dienone is 16. The number of carbonyl (C=O) groups is 3. The van der Waals surface area contributed by atoms with E-state index in [4.69, 9.17) is 14.2 Å². The van der Waals surface area contributed by atoms with Crippen molar-refractivity contribution in [2.45, 2.75) is 284 Å². The number of ether oxygens (including phenoxy) is 3. The van der Waals surface area contributed by atoms with Crippen LogP contribution in [0.3, 0.4) is 0 Å². The first kappa shape index (κ1) is 67.3. The average molecular weight is 988 g/mol. The van der Waals surface area contributed by atoms with Crippen LogP contribution in [0.2, 0.25) is 0 Å². The largest absolute Gasteiger partial charge is 0.462 e. The van der Waals surface area contributed by atoms with E-state index in [0.29, 0.717) is 19.3 Å². The van der Waals surface area contributed by atoms with Gasteiger partial charge in [-0.05, 0) is 122 Å². The molecule has 0 N–H and O–H groups in total. The van der Waals surface area contributed by atoms with Crippen molar-refractivity contribution >= 4 is 17.9 Å². The number of unbranched alkanes of at least 4 members (excludes halogenated alkanes) is 26. The Kier molecular flexibility index (Phi) is 55.9. The maximum atomic E-state index is 12.9. The summed E-state index contributed by atoms with van der Waals surface area (Å²) in [5.74, 6) is -0.942. The van der Waals surface area contributed by atoms with Crippen LogP contribution in [0.25, 0.3) is 0 Å². The molecule has 0 bridgehead atoms. The van der Waals surface area contributed by atoms with E-state index in [9.17, 15) is 14.4 Å². The quantitative estimate of drug-likeness (QED) is 0.0261. The first-order valence-electron chi connectivity index (χ1n) is 29.7. The lowest BCUT2D eigenvalue weighted by atomic mass is 10.1. The standard InChI is InChI=1S/C65H110O6/c1-4-7-10-13-16-19-22-25-28-30-32-34-37-40-43-46-49-52-55-58-64(67)70-61-62(60-69-63(66)57-54-51-48-45-42-39-36-27-24-21-18-15-12-9-6-3)71-65(68)59-56-53-50-47-44-41-38-35-33-31-29-26-23-20-17-14-11-8-5-2/h9,12,16,18-19,21,25-29,32,34,36,40,43,62H,4-8,10-11,13-15,17,20,22-24,30-31,33,35,37-39,41-42,44-61H2,1-3H3/b12-9+,19-16+,21-18+,28-25+,29-26+,34-32+,36-27+,43-40+/t62-/m1/s1. The summed E-state index contributed by atoms with van der Waals surface area (Å²) in [7, 11) is 0. The molecular formula is C65H110O6. The van der Waals surface area contributed by atoms with Gasteiger partial charge in [0, 0.05) is 19.3 Å².